The van der Waals surface area contributed by atoms with Gasteiger partial charge in [-0.1, -0.05) is 6.07 Å². The number of hydrazone groups is 1. The summed E-state index contributed by atoms with van der Waals surface area (Å²) in [6, 6.07) is 8.40. The molecule has 0 aromatic heterocycles. The number of amides is 3. The first-order valence-electron chi connectivity index (χ1n) is 12.7. The van der Waals surface area contributed by atoms with Crippen LogP contribution in [-0.2, 0) is 19.1 Å². The van der Waals surface area contributed by atoms with Crippen molar-refractivity contribution >= 4 is 30.1 Å². The Morgan fingerprint density at radius 1 is 1.00 bits per heavy atom. The molecule has 13 heteroatoms. The Balaban J connectivity index is 1.66. The van der Waals surface area contributed by atoms with Crippen LogP contribution in [0.4, 0.5) is 4.79 Å². The van der Waals surface area contributed by atoms with Crippen LogP contribution in [0.5, 0.6) is 23.0 Å². The molecule has 13 nitrogen and oxygen atoms in total. The van der Waals surface area contributed by atoms with Gasteiger partial charge in [-0.3, -0.25) is 9.59 Å². The molecule has 0 unspecified atom stereocenters. The molecular formula is C28H32N4O9. The summed E-state index contributed by atoms with van der Waals surface area (Å²) in [5, 5.41) is 9.22. The van der Waals surface area contributed by atoms with Crippen LogP contribution < -0.4 is 35.0 Å². The molecule has 0 radical (unpaired) electrons. The van der Waals surface area contributed by atoms with Crippen molar-refractivity contribution in [3.8, 4) is 23.0 Å². The summed E-state index contributed by atoms with van der Waals surface area (Å²) in [5.41, 5.74) is 4.15. The minimum absolute atomic E-state index is 0.176. The normalized spacial score (nSPS) is 14.6. The fraction of sp³-hybridized carbons (Fsp3) is 0.321. The number of urea groups is 1. The molecule has 2 aromatic rings. The summed E-state index contributed by atoms with van der Waals surface area (Å²) < 4.78 is 26.8. The second-order valence-electron chi connectivity index (χ2n) is 8.52. The highest BCUT2D eigenvalue weighted by atomic mass is 16.6. The van der Waals surface area contributed by atoms with Gasteiger partial charge in [0.05, 0.1) is 38.2 Å². The van der Waals surface area contributed by atoms with Gasteiger partial charge in [-0.2, -0.15) is 5.10 Å². The van der Waals surface area contributed by atoms with E-state index in [1.165, 1.54) is 20.2 Å². The summed E-state index contributed by atoms with van der Waals surface area (Å²) in [5.74, 6) is -0.394. The molecule has 2 aromatic carbocycles. The Morgan fingerprint density at radius 3 is 2.44 bits per heavy atom. The Hall–Kier alpha value is -5.07. The molecule has 0 saturated carbocycles. The van der Waals surface area contributed by atoms with Crippen LogP contribution >= 0.6 is 0 Å². The Bertz CT molecular complexity index is 1370. The summed E-state index contributed by atoms with van der Waals surface area (Å²) in [7, 11) is 1.42. The van der Waals surface area contributed by atoms with Gasteiger partial charge >= 0.3 is 18.0 Å². The lowest BCUT2D eigenvalue weighted by molar-refractivity contribution is -0.139. The highest BCUT2D eigenvalue weighted by molar-refractivity contribution is 5.95. The topological polar surface area (TPSA) is 163 Å². The van der Waals surface area contributed by atoms with E-state index >= 15 is 0 Å². The Labute approximate surface area is 236 Å². The number of carbonyl (C=O) groups excluding carboxylic acids is 4. The van der Waals surface area contributed by atoms with E-state index in [0.29, 0.717) is 29.2 Å². The maximum atomic E-state index is 12.6. The summed E-state index contributed by atoms with van der Waals surface area (Å²) in [6.07, 6.45) is 1.40. The van der Waals surface area contributed by atoms with Crippen LogP contribution in [0.2, 0.25) is 0 Å². The number of hydrogen-bond acceptors (Lipinski definition) is 10. The minimum atomic E-state index is -0.783. The van der Waals surface area contributed by atoms with Crippen LogP contribution in [0.1, 0.15) is 44.9 Å². The van der Waals surface area contributed by atoms with E-state index in [9.17, 15) is 19.2 Å². The lowest BCUT2D eigenvalue weighted by Gasteiger charge is -2.28. The third-order valence-corrected chi connectivity index (χ3v) is 5.57. The largest absolute Gasteiger partial charge is 0.493 e. The number of rotatable bonds is 12. The first kappa shape index (κ1) is 30.5. The van der Waals surface area contributed by atoms with Crippen molar-refractivity contribution in [3.05, 3.63) is 58.8 Å². The van der Waals surface area contributed by atoms with Crippen LogP contribution in [0.25, 0.3) is 0 Å². The zero-order chi connectivity index (χ0) is 29.9. The second-order valence-corrected chi connectivity index (χ2v) is 8.52. The van der Waals surface area contributed by atoms with Crippen LogP contribution in [-0.4, -0.2) is 57.0 Å². The molecule has 0 bridgehead atoms. The summed E-state index contributed by atoms with van der Waals surface area (Å²) >= 11 is 0. The smallest absolute Gasteiger partial charge is 0.338 e. The molecule has 218 valence electrons. The fourth-order valence-corrected chi connectivity index (χ4v) is 3.87. The maximum Gasteiger partial charge on any atom is 0.338 e. The summed E-state index contributed by atoms with van der Waals surface area (Å²) in [6.45, 7) is 6.56. The van der Waals surface area contributed by atoms with Crippen molar-refractivity contribution in [2.24, 2.45) is 5.10 Å². The fourth-order valence-electron chi connectivity index (χ4n) is 3.87. The Kier molecular flexibility index (Phi) is 10.7. The number of esters is 2. The molecule has 1 heterocycles. The van der Waals surface area contributed by atoms with Gasteiger partial charge < -0.3 is 34.3 Å². The van der Waals surface area contributed by atoms with E-state index in [1.54, 1.807) is 57.2 Å². The molecule has 1 aliphatic rings. The van der Waals surface area contributed by atoms with Crippen molar-refractivity contribution in [2.75, 3.05) is 26.9 Å². The first-order valence-corrected chi connectivity index (χ1v) is 12.7. The monoisotopic (exact) mass is 568 g/mol. The van der Waals surface area contributed by atoms with Gasteiger partial charge in [-0.05, 0) is 62.2 Å². The van der Waals surface area contributed by atoms with Crippen molar-refractivity contribution in [3.63, 3.8) is 0 Å². The van der Waals surface area contributed by atoms with Gasteiger partial charge in [0.2, 0.25) is 0 Å². The zero-order valence-corrected chi connectivity index (χ0v) is 23.4. The number of nitrogens with zero attached hydrogens (tertiary/aromatic N) is 1. The van der Waals surface area contributed by atoms with Crippen molar-refractivity contribution in [1.29, 1.82) is 0 Å². The quantitative estimate of drug-likeness (QED) is 0.151. The molecule has 41 heavy (non-hydrogen) atoms. The molecule has 0 fully saturated rings. The van der Waals surface area contributed by atoms with Crippen molar-refractivity contribution in [1.82, 2.24) is 16.1 Å². The van der Waals surface area contributed by atoms with E-state index in [2.05, 4.69) is 21.2 Å². The third-order valence-electron chi connectivity index (χ3n) is 5.57. The second kappa shape index (κ2) is 14.4. The van der Waals surface area contributed by atoms with Crippen LogP contribution in [0.15, 0.2) is 52.8 Å². The SMILES string of the molecule is CCOC(=O)C1=C(C)NC(=O)N[C@H]1c1ccc(OCC(=O)N/N=C/c2ccc(OC(C)=O)c(OCC)c2)c(OC)c1. The first-order chi connectivity index (χ1) is 19.7. The highest BCUT2D eigenvalue weighted by Gasteiger charge is 2.32. The lowest BCUT2D eigenvalue weighted by Crippen LogP contribution is -2.45. The predicted octanol–water partition coefficient (Wildman–Crippen LogP) is 2.74. The van der Waals surface area contributed by atoms with Gasteiger partial charge in [-0.15, -0.1) is 0 Å². The number of allylic oxidation sites excluding steroid dienone is 1. The molecule has 3 amide bonds. The van der Waals surface area contributed by atoms with Gasteiger partial charge in [0.1, 0.15) is 0 Å². The number of nitrogens with one attached hydrogen (secondary N) is 3. The van der Waals surface area contributed by atoms with E-state index in [0.717, 1.165) is 0 Å². The van der Waals surface area contributed by atoms with Gasteiger partial charge in [0, 0.05) is 12.6 Å². The van der Waals surface area contributed by atoms with E-state index in [-0.39, 0.29) is 36.0 Å². The highest BCUT2D eigenvalue weighted by Crippen LogP contribution is 2.34. The lowest BCUT2D eigenvalue weighted by atomic mass is 9.95. The Morgan fingerprint density at radius 2 is 1.76 bits per heavy atom. The van der Waals surface area contributed by atoms with Crippen LogP contribution in [0, 0.1) is 0 Å². The molecule has 0 aliphatic carbocycles. The number of ether oxygens (including phenoxy) is 5. The van der Waals surface area contributed by atoms with Crippen molar-refractivity contribution < 1.29 is 42.9 Å². The summed E-state index contributed by atoms with van der Waals surface area (Å²) in [4.78, 5) is 48.3. The predicted molar refractivity (Wildman–Crippen MR) is 147 cm³/mol. The number of methoxy groups -OCH3 is 1. The van der Waals surface area contributed by atoms with Gasteiger partial charge in [-0.25, -0.2) is 15.0 Å². The van der Waals surface area contributed by atoms with Crippen LogP contribution in [0.3, 0.4) is 0 Å². The molecule has 0 saturated heterocycles. The van der Waals surface area contributed by atoms with Gasteiger partial charge in [0.15, 0.2) is 29.6 Å². The van der Waals surface area contributed by atoms with E-state index < -0.39 is 29.9 Å². The number of carbonyl (C=O) groups is 4. The van der Waals surface area contributed by atoms with Crippen molar-refractivity contribution in [2.45, 2.75) is 33.7 Å². The maximum absolute atomic E-state index is 12.6. The standard InChI is InChI=1S/C28H32N4O9/c1-6-38-23-12-18(8-10-21(23)41-17(4)33)14-29-32-24(34)15-40-20-11-9-19(13-22(20)37-5)26-25(27(35)39-7-2)16(3)30-28(36)31-26/h8-14,26H,6-7,15H2,1-5H3,(H,32,34)(H2,30,31,36)/b29-14+/t26-/m0/s1. The molecule has 3 rings (SSSR count). The molecule has 1 atom stereocenters. The number of hydrogen-bond donors (Lipinski definition) is 3. The molecule has 3 N–H and O–H groups in total. The van der Waals surface area contributed by atoms with E-state index in [4.69, 9.17) is 23.7 Å². The minimum Gasteiger partial charge on any atom is -0.493 e. The number of benzene rings is 2. The third kappa shape index (κ3) is 8.21. The molecule has 1 aliphatic heterocycles. The average Bonchev–Trinajstić information content (AvgIpc) is 2.92. The van der Waals surface area contributed by atoms with E-state index in [1.807, 2.05) is 0 Å². The molecule has 0 spiro atoms. The van der Waals surface area contributed by atoms with Gasteiger partial charge in [0.25, 0.3) is 5.91 Å². The molecular weight excluding hydrogens is 536 g/mol. The zero-order valence-electron chi connectivity index (χ0n) is 23.4. The average molecular weight is 569 g/mol.